The summed E-state index contributed by atoms with van der Waals surface area (Å²) < 4.78 is 8.70. The van der Waals surface area contributed by atoms with Crippen LogP contribution in [-0.4, -0.2) is 35.0 Å². The standard InChI is InChI=1S/C18H17NO5S/c1-11(20)24-18(7-6-12(8-16(18)21)9-17(22)23)14-10-19-25-15-5-3-2-4-13(14)15/h2-8,14,19H,9-10H2,1H3,(H,22,23). The van der Waals surface area contributed by atoms with E-state index >= 15 is 0 Å². The Balaban J connectivity index is 2.04. The van der Waals surface area contributed by atoms with E-state index in [-0.39, 0.29) is 6.42 Å². The number of benzene rings is 1. The van der Waals surface area contributed by atoms with E-state index in [0.29, 0.717) is 12.1 Å². The number of esters is 1. The fraction of sp³-hybridized carbons (Fsp3) is 0.278. The predicted octanol–water partition coefficient (Wildman–Crippen LogP) is 2.22. The molecule has 0 radical (unpaired) electrons. The lowest BCUT2D eigenvalue weighted by atomic mass is 9.75. The van der Waals surface area contributed by atoms with Crippen LogP contribution in [0.1, 0.15) is 24.8 Å². The summed E-state index contributed by atoms with van der Waals surface area (Å²) in [5.74, 6) is -2.41. The third kappa shape index (κ3) is 3.38. The minimum absolute atomic E-state index is 0.256. The van der Waals surface area contributed by atoms with Crippen molar-refractivity contribution in [2.75, 3.05) is 6.54 Å². The number of carboxylic acid groups (broad SMARTS) is 1. The van der Waals surface area contributed by atoms with E-state index in [1.807, 2.05) is 24.3 Å². The van der Waals surface area contributed by atoms with E-state index in [2.05, 4.69) is 4.72 Å². The molecule has 0 saturated heterocycles. The van der Waals surface area contributed by atoms with Crippen LogP contribution >= 0.6 is 11.9 Å². The van der Waals surface area contributed by atoms with Crippen LogP contribution in [0.2, 0.25) is 0 Å². The Kier molecular flexibility index (Phi) is 4.78. The molecule has 130 valence electrons. The first-order valence-electron chi connectivity index (χ1n) is 7.76. The summed E-state index contributed by atoms with van der Waals surface area (Å²) in [5.41, 5.74) is -0.176. The molecular weight excluding hydrogens is 342 g/mol. The summed E-state index contributed by atoms with van der Waals surface area (Å²) in [6, 6.07) is 7.62. The second kappa shape index (κ2) is 6.85. The van der Waals surface area contributed by atoms with Gasteiger partial charge in [0.2, 0.25) is 11.4 Å². The fourth-order valence-electron chi connectivity index (χ4n) is 3.16. The molecule has 0 aromatic heterocycles. The Bertz CT molecular complexity index is 800. The van der Waals surface area contributed by atoms with E-state index in [1.165, 1.54) is 31.0 Å². The molecule has 0 fully saturated rings. The fourth-order valence-corrected chi connectivity index (χ4v) is 4.04. The van der Waals surface area contributed by atoms with E-state index in [9.17, 15) is 14.4 Å². The number of ketones is 1. The molecule has 2 N–H and O–H groups in total. The molecule has 1 aromatic rings. The molecule has 0 bridgehead atoms. The number of carbonyl (C=O) groups excluding carboxylic acids is 2. The summed E-state index contributed by atoms with van der Waals surface area (Å²) in [6.07, 6.45) is 4.09. The van der Waals surface area contributed by atoms with Crippen molar-refractivity contribution in [1.29, 1.82) is 0 Å². The zero-order valence-corrected chi connectivity index (χ0v) is 14.3. The van der Waals surface area contributed by atoms with Crippen molar-refractivity contribution < 1.29 is 24.2 Å². The SMILES string of the molecule is CC(=O)OC1(C2CNSc3ccccc32)C=CC(CC(=O)O)=CC1=O. The number of carbonyl (C=O) groups is 3. The first-order chi connectivity index (χ1) is 11.9. The van der Waals surface area contributed by atoms with Crippen LogP contribution in [0.5, 0.6) is 0 Å². The van der Waals surface area contributed by atoms with E-state index in [0.717, 1.165) is 10.5 Å². The van der Waals surface area contributed by atoms with Crippen LogP contribution in [0.15, 0.2) is 53.0 Å². The molecule has 1 heterocycles. The molecule has 6 nitrogen and oxygen atoms in total. The van der Waals surface area contributed by atoms with Crippen molar-refractivity contribution in [3.05, 3.63) is 53.6 Å². The number of aliphatic carboxylic acids is 1. The maximum atomic E-state index is 12.9. The van der Waals surface area contributed by atoms with E-state index in [4.69, 9.17) is 9.84 Å². The van der Waals surface area contributed by atoms with Gasteiger partial charge in [-0.1, -0.05) is 24.3 Å². The summed E-state index contributed by atoms with van der Waals surface area (Å²) in [6.45, 7) is 1.70. The molecule has 3 rings (SSSR count). The lowest BCUT2D eigenvalue weighted by Gasteiger charge is -2.40. The Labute approximate surface area is 149 Å². The molecule has 0 amide bonds. The molecule has 0 saturated carbocycles. The lowest BCUT2D eigenvalue weighted by Crippen LogP contribution is -2.50. The number of nitrogens with one attached hydrogen (secondary N) is 1. The van der Waals surface area contributed by atoms with Crippen LogP contribution in [0.25, 0.3) is 0 Å². The quantitative estimate of drug-likeness (QED) is 0.629. The highest BCUT2D eigenvalue weighted by Gasteiger charge is 2.49. The number of ether oxygens (including phenoxy) is 1. The van der Waals surface area contributed by atoms with Crippen molar-refractivity contribution in [2.24, 2.45) is 0 Å². The minimum Gasteiger partial charge on any atom is -0.481 e. The Morgan fingerprint density at radius 3 is 2.84 bits per heavy atom. The average Bonchev–Trinajstić information content (AvgIpc) is 2.56. The second-order valence-electron chi connectivity index (χ2n) is 5.92. The molecule has 2 unspecified atom stereocenters. The van der Waals surface area contributed by atoms with Gasteiger partial charge < -0.3 is 9.84 Å². The third-order valence-corrected chi connectivity index (χ3v) is 5.10. The van der Waals surface area contributed by atoms with Crippen molar-refractivity contribution >= 4 is 29.7 Å². The van der Waals surface area contributed by atoms with Crippen molar-refractivity contribution in [2.45, 2.75) is 29.8 Å². The van der Waals surface area contributed by atoms with Gasteiger partial charge in [-0.2, -0.15) is 0 Å². The molecule has 1 aliphatic heterocycles. The van der Waals surface area contributed by atoms with Gasteiger partial charge in [-0.25, -0.2) is 0 Å². The Morgan fingerprint density at radius 1 is 1.40 bits per heavy atom. The number of hydrogen-bond donors (Lipinski definition) is 2. The van der Waals surface area contributed by atoms with Crippen LogP contribution in [-0.2, 0) is 19.1 Å². The largest absolute Gasteiger partial charge is 0.481 e. The Hall–Kier alpha value is -2.38. The van der Waals surface area contributed by atoms with Gasteiger partial charge in [0.05, 0.1) is 6.42 Å². The van der Waals surface area contributed by atoms with E-state index in [1.54, 1.807) is 6.08 Å². The molecule has 2 aliphatic rings. The Morgan fingerprint density at radius 2 is 2.16 bits per heavy atom. The predicted molar refractivity (Wildman–Crippen MR) is 92.0 cm³/mol. The molecule has 7 heteroatoms. The zero-order valence-electron chi connectivity index (χ0n) is 13.5. The number of allylic oxidation sites excluding steroid dienone is 1. The lowest BCUT2D eigenvalue weighted by molar-refractivity contribution is -0.161. The van der Waals surface area contributed by atoms with Gasteiger partial charge in [0.25, 0.3) is 0 Å². The highest BCUT2D eigenvalue weighted by atomic mass is 32.2. The summed E-state index contributed by atoms with van der Waals surface area (Å²) in [4.78, 5) is 36.5. The topological polar surface area (TPSA) is 92.7 Å². The number of rotatable bonds is 4. The van der Waals surface area contributed by atoms with Crippen molar-refractivity contribution in [3.63, 3.8) is 0 Å². The van der Waals surface area contributed by atoms with E-state index < -0.39 is 29.2 Å². The molecule has 0 spiro atoms. The van der Waals surface area contributed by atoms with Gasteiger partial charge in [0.1, 0.15) is 0 Å². The maximum Gasteiger partial charge on any atom is 0.307 e. The monoisotopic (exact) mass is 359 g/mol. The van der Waals surface area contributed by atoms with Gasteiger partial charge in [-0.3, -0.25) is 19.1 Å². The maximum absolute atomic E-state index is 12.9. The van der Waals surface area contributed by atoms with Gasteiger partial charge in [-0.05, 0) is 41.3 Å². The van der Waals surface area contributed by atoms with Crippen LogP contribution in [0.4, 0.5) is 0 Å². The summed E-state index contributed by atoms with van der Waals surface area (Å²) >= 11 is 1.47. The van der Waals surface area contributed by atoms with Crippen LogP contribution in [0, 0.1) is 0 Å². The van der Waals surface area contributed by atoms with Gasteiger partial charge >= 0.3 is 11.9 Å². The highest BCUT2D eigenvalue weighted by molar-refractivity contribution is 7.97. The average molecular weight is 359 g/mol. The molecule has 25 heavy (non-hydrogen) atoms. The number of fused-ring (bicyclic) bond motifs is 1. The normalized spacial score (nSPS) is 25.1. The van der Waals surface area contributed by atoms with Crippen LogP contribution < -0.4 is 4.72 Å². The van der Waals surface area contributed by atoms with Gasteiger partial charge in [0.15, 0.2) is 0 Å². The van der Waals surface area contributed by atoms with Gasteiger partial charge in [-0.15, -0.1) is 0 Å². The molecular formula is C18H17NO5S. The minimum atomic E-state index is -1.47. The smallest absolute Gasteiger partial charge is 0.307 e. The first kappa shape index (κ1) is 17.4. The van der Waals surface area contributed by atoms with Gasteiger partial charge in [0, 0.05) is 24.3 Å². The van der Waals surface area contributed by atoms with Crippen molar-refractivity contribution in [3.8, 4) is 0 Å². The zero-order chi connectivity index (χ0) is 18.0. The van der Waals surface area contributed by atoms with Crippen LogP contribution in [0.3, 0.4) is 0 Å². The summed E-state index contributed by atoms with van der Waals surface area (Å²) in [7, 11) is 0. The van der Waals surface area contributed by atoms with Crippen molar-refractivity contribution in [1.82, 2.24) is 4.72 Å². The third-order valence-electron chi connectivity index (χ3n) is 4.20. The number of hydrogen-bond acceptors (Lipinski definition) is 6. The first-order valence-corrected chi connectivity index (χ1v) is 8.58. The molecule has 2 atom stereocenters. The highest BCUT2D eigenvalue weighted by Crippen LogP contribution is 2.43. The number of carboxylic acids is 1. The summed E-state index contributed by atoms with van der Waals surface area (Å²) in [5, 5.41) is 8.92. The molecule has 1 aromatic carbocycles. The molecule has 1 aliphatic carbocycles. The second-order valence-corrected chi connectivity index (χ2v) is 6.85.